The number of carbonyl (C=O) groups excluding carboxylic acids is 1. The predicted molar refractivity (Wildman–Crippen MR) is 114 cm³/mol. The second-order valence-electron chi connectivity index (χ2n) is 8.31. The molecule has 2 aliphatic heterocycles. The van der Waals surface area contributed by atoms with Crippen molar-refractivity contribution >= 4 is 5.97 Å². The molecule has 5 nitrogen and oxygen atoms in total. The van der Waals surface area contributed by atoms with Crippen molar-refractivity contribution in [3.05, 3.63) is 71.5 Å². The molecule has 1 N–H and O–H groups in total. The Labute approximate surface area is 177 Å². The molecule has 2 fully saturated rings. The Balaban J connectivity index is 1.47. The van der Waals surface area contributed by atoms with Gasteiger partial charge in [-0.3, -0.25) is 4.90 Å². The van der Waals surface area contributed by atoms with Gasteiger partial charge >= 0.3 is 5.97 Å². The molecule has 2 aromatic carbocycles. The van der Waals surface area contributed by atoms with Crippen molar-refractivity contribution in [3.8, 4) is 0 Å². The second-order valence-corrected chi connectivity index (χ2v) is 8.31. The first-order valence-electron chi connectivity index (χ1n) is 10.9. The maximum absolute atomic E-state index is 14.0. The summed E-state index contributed by atoms with van der Waals surface area (Å²) in [6, 6.07) is 16.5. The molecule has 0 bridgehead atoms. The first-order valence-corrected chi connectivity index (χ1v) is 10.9. The molecule has 0 saturated carbocycles. The van der Waals surface area contributed by atoms with Gasteiger partial charge in [-0.2, -0.15) is 0 Å². The number of piperazine rings is 1. The van der Waals surface area contributed by atoms with Crippen molar-refractivity contribution in [2.24, 2.45) is 5.92 Å². The van der Waals surface area contributed by atoms with E-state index in [1.54, 1.807) is 29.3 Å². The van der Waals surface area contributed by atoms with E-state index in [2.05, 4.69) is 17.1 Å². The topological polar surface area (TPSA) is 44.8 Å². The van der Waals surface area contributed by atoms with E-state index in [-0.39, 0.29) is 23.9 Å². The molecule has 2 aliphatic rings. The Bertz CT molecular complexity index is 841. The molecule has 0 radical (unpaired) electrons. The SMILES string of the molecule is CC1CN(OC(=O)c2ccccc2)CCN1C(c1cccc(F)c1)C1CCNCC1. The molecule has 6 heteroatoms. The van der Waals surface area contributed by atoms with Gasteiger partial charge in [0.05, 0.1) is 12.1 Å². The van der Waals surface area contributed by atoms with E-state index in [1.807, 2.05) is 24.3 Å². The van der Waals surface area contributed by atoms with E-state index in [0.717, 1.165) is 38.0 Å². The minimum atomic E-state index is -0.323. The highest BCUT2D eigenvalue weighted by Gasteiger charge is 2.36. The average Bonchev–Trinajstić information content (AvgIpc) is 2.77. The molecule has 0 aliphatic carbocycles. The largest absolute Gasteiger partial charge is 0.364 e. The van der Waals surface area contributed by atoms with Gasteiger partial charge in [-0.15, -0.1) is 5.06 Å². The van der Waals surface area contributed by atoms with Crippen molar-refractivity contribution in [2.45, 2.75) is 31.8 Å². The smallest absolute Gasteiger partial charge is 0.357 e. The Morgan fingerprint density at radius 2 is 1.87 bits per heavy atom. The third-order valence-electron chi connectivity index (χ3n) is 6.24. The molecular formula is C24H30FN3O2. The second kappa shape index (κ2) is 9.69. The van der Waals surface area contributed by atoms with Crippen LogP contribution in [0.1, 0.15) is 41.7 Å². The molecule has 160 valence electrons. The van der Waals surface area contributed by atoms with Crippen LogP contribution in [-0.4, -0.2) is 54.7 Å². The van der Waals surface area contributed by atoms with Gasteiger partial charge < -0.3 is 10.2 Å². The molecule has 2 aromatic rings. The highest BCUT2D eigenvalue weighted by molar-refractivity contribution is 5.89. The van der Waals surface area contributed by atoms with E-state index in [0.29, 0.717) is 24.6 Å². The Morgan fingerprint density at radius 3 is 2.57 bits per heavy atom. The summed E-state index contributed by atoms with van der Waals surface area (Å²) in [7, 11) is 0. The maximum Gasteiger partial charge on any atom is 0.357 e. The van der Waals surface area contributed by atoms with Crippen LogP contribution in [0, 0.1) is 11.7 Å². The van der Waals surface area contributed by atoms with Crippen LogP contribution < -0.4 is 5.32 Å². The number of nitrogens with one attached hydrogen (secondary N) is 1. The fraction of sp³-hybridized carbons (Fsp3) is 0.458. The zero-order valence-corrected chi connectivity index (χ0v) is 17.5. The van der Waals surface area contributed by atoms with Gasteiger partial charge in [0, 0.05) is 25.2 Å². The molecule has 0 aromatic heterocycles. The molecule has 0 amide bonds. The van der Waals surface area contributed by atoms with Crippen LogP contribution in [0.2, 0.25) is 0 Å². The maximum atomic E-state index is 14.0. The van der Waals surface area contributed by atoms with Crippen LogP contribution >= 0.6 is 0 Å². The summed E-state index contributed by atoms with van der Waals surface area (Å²) in [5, 5.41) is 5.20. The number of halogens is 1. The number of hydrogen-bond acceptors (Lipinski definition) is 5. The number of carbonyl (C=O) groups is 1. The van der Waals surface area contributed by atoms with Crippen LogP contribution in [0.3, 0.4) is 0 Å². The molecule has 4 rings (SSSR count). The summed E-state index contributed by atoms with van der Waals surface area (Å²) in [5.74, 6) is -0.0280. The highest BCUT2D eigenvalue weighted by Crippen LogP contribution is 2.36. The summed E-state index contributed by atoms with van der Waals surface area (Å²) >= 11 is 0. The van der Waals surface area contributed by atoms with Gasteiger partial charge in [-0.05, 0) is 68.6 Å². The lowest BCUT2D eigenvalue weighted by molar-refractivity contribution is -0.149. The van der Waals surface area contributed by atoms with Crippen LogP contribution in [0.5, 0.6) is 0 Å². The van der Waals surface area contributed by atoms with Gasteiger partial charge in [-0.25, -0.2) is 9.18 Å². The minimum Gasteiger partial charge on any atom is -0.364 e. The van der Waals surface area contributed by atoms with Crippen molar-refractivity contribution < 1.29 is 14.0 Å². The van der Waals surface area contributed by atoms with E-state index in [1.165, 1.54) is 6.07 Å². The van der Waals surface area contributed by atoms with Gasteiger partial charge in [0.2, 0.25) is 0 Å². The zero-order valence-electron chi connectivity index (χ0n) is 17.5. The van der Waals surface area contributed by atoms with Gasteiger partial charge in [0.15, 0.2) is 0 Å². The first-order chi connectivity index (χ1) is 14.6. The van der Waals surface area contributed by atoms with Gasteiger partial charge in [0.1, 0.15) is 5.82 Å². The summed E-state index contributed by atoms with van der Waals surface area (Å²) in [6.07, 6.45) is 2.16. The van der Waals surface area contributed by atoms with Crippen molar-refractivity contribution in [1.29, 1.82) is 0 Å². The van der Waals surface area contributed by atoms with Crippen LogP contribution in [0.25, 0.3) is 0 Å². The third-order valence-corrected chi connectivity index (χ3v) is 6.24. The van der Waals surface area contributed by atoms with Crippen molar-refractivity contribution in [2.75, 3.05) is 32.7 Å². The fourth-order valence-electron chi connectivity index (χ4n) is 4.76. The van der Waals surface area contributed by atoms with Crippen molar-refractivity contribution in [1.82, 2.24) is 15.3 Å². The molecule has 2 heterocycles. The van der Waals surface area contributed by atoms with Crippen LogP contribution in [0.15, 0.2) is 54.6 Å². The average molecular weight is 412 g/mol. The minimum absolute atomic E-state index is 0.171. The number of hydrogen-bond donors (Lipinski definition) is 1. The first kappa shape index (κ1) is 21.0. The normalized spacial score (nSPS) is 22.5. The number of hydroxylamine groups is 2. The number of benzene rings is 2. The lowest BCUT2D eigenvalue weighted by Gasteiger charge is -2.46. The fourth-order valence-corrected chi connectivity index (χ4v) is 4.76. The van der Waals surface area contributed by atoms with Crippen molar-refractivity contribution in [3.63, 3.8) is 0 Å². The zero-order chi connectivity index (χ0) is 20.9. The van der Waals surface area contributed by atoms with E-state index in [4.69, 9.17) is 4.84 Å². The standard InChI is InChI=1S/C24H30FN3O2/c1-18-17-27(30-24(29)20-6-3-2-4-7-20)14-15-28(18)23(19-10-12-26-13-11-19)21-8-5-9-22(25)16-21/h2-9,16,18-19,23,26H,10-15,17H2,1H3. The molecule has 0 spiro atoms. The summed E-state index contributed by atoms with van der Waals surface area (Å²) in [5.41, 5.74) is 1.60. The van der Waals surface area contributed by atoms with Crippen LogP contribution in [0.4, 0.5) is 4.39 Å². The Morgan fingerprint density at radius 1 is 1.10 bits per heavy atom. The molecule has 30 heavy (non-hydrogen) atoms. The predicted octanol–water partition coefficient (Wildman–Crippen LogP) is 3.64. The molecular weight excluding hydrogens is 381 g/mol. The molecule has 2 saturated heterocycles. The molecule has 2 atom stereocenters. The third kappa shape index (κ3) is 4.89. The summed E-state index contributed by atoms with van der Waals surface area (Å²) in [4.78, 5) is 20.5. The summed E-state index contributed by atoms with van der Waals surface area (Å²) in [6.45, 7) is 6.21. The number of rotatable bonds is 5. The molecule has 2 unspecified atom stereocenters. The van der Waals surface area contributed by atoms with Gasteiger partial charge in [-0.1, -0.05) is 30.3 Å². The van der Waals surface area contributed by atoms with Gasteiger partial charge in [0.25, 0.3) is 0 Å². The quantitative estimate of drug-likeness (QED) is 0.814. The van der Waals surface area contributed by atoms with E-state index in [9.17, 15) is 9.18 Å². The Hall–Kier alpha value is -2.28. The lowest BCUT2D eigenvalue weighted by atomic mass is 9.84. The Kier molecular flexibility index (Phi) is 6.77. The monoisotopic (exact) mass is 411 g/mol. The number of piperidine rings is 1. The lowest BCUT2D eigenvalue weighted by Crippen LogP contribution is -2.55. The van der Waals surface area contributed by atoms with E-state index < -0.39 is 0 Å². The number of nitrogens with zero attached hydrogens (tertiary/aromatic N) is 2. The van der Waals surface area contributed by atoms with E-state index >= 15 is 0 Å². The highest BCUT2D eigenvalue weighted by atomic mass is 19.1. The van der Waals surface area contributed by atoms with Crippen LogP contribution in [-0.2, 0) is 4.84 Å². The summed E-state index contributed by atoms with van der Waals surface area (Å²) < 4.78 is 14.0.